The quantitative estimate of drug-likeness (QED) is 0.866. The molecule has 2 aromatic carbocycles. The minimum Gasteiger partial charge on any atom is -0.326 e. The van der Waals surface area contributed by atoms with E-state index in [0.717, 1.165) is 11.1 Å². The van der Waals surface area contributed by atoms with Gasteiger partial charge in [0.05, 0.1) is 0 Å². The summed E-state index contributed by atoms with van der Waals surface area (Å²) in [6, 6.07) is 12.5. The minimum atomic E-state index is -0.281. The van der Waals surface area contributed by atoms with Crippen LogP contribution in [0.3, 0.4) is 0 Å². The van der Waals surface area contributed by atoms with Gasteiger partial charge in [-0.3, -0.25) is 14.4 Å². The number of amides is 3. The standard InChI is InChI=1S/C20H23N3O3/c1-13-9-14(2)11-18(10-13)22-20(26)12-23(16(4)25)19-7-5-17(6-8-19)21-15(3)24/h5-11H,12H2,1-4H3,(H,21,24)(H,22,26). The Morgan fingerprint density at radius 2 is 1.42 bits per heavy atom. The van der Waals surface area contributed by atoms with Crippen molar-refractivity contribution in [1.29, 1.82) is 0 Å². The Kier molecular flexibility index (Phi) is 6.11. The molecule has 0 spiro atoms. The maximum absolute atomic E-state index is 12.4. The molecule has 0 fully saturated rings. The van der Waals surface area contributed by atoms with E-state index in [1.807, 2.05) is 32.0 Å². The Labute approximate surface area is 153 Å². The monoisotopic (exact) mass is 353 g/mol. The molecule has 0 aliphatic rings. The molecule has 136 valence electrons. The van der Waals surface area contributed by atoms with Gasteiger partial charge in [-0.1, -0.05) is 6.07 Å². The molecule has 26 heavy (non-hydrogen) atoms. The van der Waals surface area contributed by atoms with Gasteiger partial charge in [0.15, 0.2) is 0 Å². The molecule has 0 unspecified atom stereocenters. The topological polar surface area (TPSA) is 78.5 Å². The Bertz CT molecular complexity index is 808. The number of carbonyl (C=O) groups is 3. The lowest BCUT2D eigenvalue weighted by Crippen LogP contribution is -2.36. The van der Waals surface area contributed by atoms with Gasteiger partial charge >= 0.3 is 0 Å². The van der Waals surface area contributed by atoms with E-state index in [9.17, 15) is 14.4 Å². The Balaban J connectivity index is 2.10. The normalized spacial score (nSPS) is 10.2. The third-order valence-electron chi connectivity index (χ3n) is 3.69. The van der Waals surface area contributed by atoms with Crippen LogP contribution in [-0.4, -0.2) is 24.3 Å². The van der Waals surface area contributed by atoms with Gasteiger partial charge in [0.25, 0.3) is 0 Å². The first-order valence-corrected chi connectivity index (χ1v) is 8.28. The summed E-state index contributed by atoms with van der Waals surface area (Å²) in [5.41, 5.74) is 4.03. The maximum Gasteiger partial charge on any atom is 0.244 e. The van der Waals surface area contributed by atoms with Crippen LogP contribution in [0.2, 0.25) is 0 Å². The lowest BCUT2D eigenvalue weighted by atomic mass is 10.1. The number of rotatable bonds is 5. The van der Waals surface area contributed by atoms with Crippen molar-refractivity contribution in [3.8, 4) is 0 Å². The summed E-state index contributed by atoms with van der Waals surface area (Å²) >= 11 is 0. The highest BCUT2D eigenvalue weighted by Crippen LogP contribution is 2.19. The van der Waals surface area contributed by atoms with E-state index in [1.165, 1.54) is 18.7 Å². The summed E-state index contributed by atoms with van der Waals surface area (Å²) in [5, 5.41) is 5.49. The molecular formula is C20H23N3O3. The van der Waals surface area contributed by atoms with Crippen LogP contribution in [0.4, 0.5) is 17.1 Å². The molecular weight excluding hydrogens is 330 g/mol. The van der Waals surface area contributed by atoms with Gasteiger partial charge in [-0.05, 0) is 61.4 Å². The van der Waals surface area contributed by atoms with Crippen molar-refractivity contribution >= 4 is 34.8 Å². The number of hydrogen-bond donors (Lipinski definition) is 2. The number of hydrogen-bond acceptors (Lipinski definition) is 3. The van der Waals surface area contributed by atoms with Crippen molar-refractivity contribution in [3.63, 3.8) is 0 Å². The molecule has 6 heteroatoms. The van der Waals surface area contributed by atoms with Crippen LogP contribution in [0.25, 0.3) is 0 Å². The minimum absolute atomic E-state index is 0.0954. The molecule has 0 atom stereocenters. The Hall–Kier alpha value is -3.15. The fraction of sp³-hybridized carbons (Fsp3) is 0.250. The molecule has 3 amide bonds. The predicted octanol–water partition coefficient (Wildman–Crippen LogP) is 3.25. The first kappa shape index (κ1) is 19.2. The van der Waals surface area contributed by atoms with Crippen LogP contribution in [0.1, 0.15) is 25.0 Å². The molecule has 0 saturated carbocycles. The fourth-order valence-electron chi connectivity index (χ4n) is 2.70. The third-order valence-corrected chi connectivity index (χ3v) is 3.69. The lowest BCUT2D eigenvalue weighted by molar-refractivity contribution is -0.120. The average molecular weight is 353 g/mol. The highest BCUT2D eigenvalue weighted by molar-refractivity contribution is 6.02. The number of nitrogens with zero attached hydrogens (tertiary/aromatic N) is 1. The molecule has 0 aromatic heterocycles. The predicted molar refractivity (Wildman–Crippen MR) is 103 cm³/mol. The summed E-state index contributed by atoms with van der Waals surface area (Å²) in [4.78, 5) is 36.8. The van der Waals surface area contributed by atoms with Gasteiger partial charge in [-0.15, -0.1) is 0 Å². The lowest BCUT2D eigenvalue weighted by Gasteiger charge is -2.21. The fourth-order valence-corrected chi connectivity index (χ4v) is 2.70. The van der Waals surface area contributed by atoms with E-state index in [2.05, 4.69) is 10.6 Å². The molecule has 0 heterocycles. The van der Waals surface area contributed by atoms with Crippen molar-refractivity contribution in [3.05, 3.63) is 53.6 Å². The van der Waals surface area contributed by atoms with Crippen LogP contribution in [0, 0.1) is 13.8 Å². The molecule has 0 saturated heterocycles. The Morgan fingerprint density at radius 1 is 0.846 bits per heavy atom. The highest BCUT2D eigenvalue weighted by Gasteiger charge is 2.16. The molecule has 0 aliphatic carbocycles. The van der Waals surface area contributed by atoms with E-state index in [4.69, 9.17) is 0 Å². The molecule has 2 rings (SSSR count). The van der Waals surface area contributed by atoms with Crippen molar-refractivity contribution in [2.45, 2.75) is 27.7 Å². The van der Waals surface area contributed by atoms with E-state index >= 15 is 0 Å². The average Bonchev–Trinajstić information content (AvgIpc) is 2.51. The molecule has 0 bridgehead atoms. The first-order chi connectivity index (χ1) is 12.2. The second kappa shape index (κ2) is 8.29. The smallest absolute Gasteiger partial charge is 0.244 e. The number of benzene rings is 2. The summed E-state index contributed by atoms with van der Waals surface area (Å²) in [7, 11) is 0. The molecule has 2 aromatic rings. The summed E-state index contributed by atoms with van der Waals surface area (Å²) in [5.74, 6) is -0.696. The Morgan fingerprint density at radius 3 is 1.92 bits per heavy atom. The second-order valence-electron chi connectivity index (χ2n) is 6.26. The van der Waals surface area contributed by atoms with Gasteiger partial charge in [0, 0.05) is 30.9 Å². The van der Waals surface area contributed by atoms with Crippen molar-refractivity contribution in [2.75, 3.05) is 22.1 Å². The summed E-state index contributed by atoms with van der Waals surface area (Å²) in [6.07, 6.45) is 0. The van der Waals surface area contributed by atoms with Crippen LogP contribution >= 0.6 is 0 Å². The first-order valence-electron chi connectivity index (χ1n) is 8.28. The van der Waals surface area contributed by atoms with Gasteiger partial charge < -0.3 is 15.5 Å². The van der Waals surface area contributed by atoms with Crippen LogP contribution < -0.4 is 15.5 Å². The van der Waals surface area contributed by atoms with E-state index in [0.29, 0.717) is 17.1 Å². The zero-order chi connectivity index (χ0) is 19.3. The van der Waals surface area contributed by atoms with Gasteiger partial charge in [0.1, 0.15) is 6.54 Å². The van der Waals surface area contributed by atoms with Gasteiger partial charge in [0.2, 0.25) is 17.7 Å². The SMILES string of the molecule is CC(=O)Nc1ccc(N(CC(=O)Nc2cc(C)cc(C)c2)C(C)=O)cc1. The zero-order valence-corrected chi connectivity index (χ0v) is 15.4. The number of anilines is 3. The largest absolute Gasteiger partial charge is 0.326 e. The third kappa shape index (κ3) is 5.44. The van der Waals surface area contributed by atoms with Crippen molar-refractivity contribution in [1.82, 2.24) is 0 Å². The van der Waals surface area contributed by atoms with Crippen LogP contribution in [0.5, 0.6) is 0 Å². The van der Waals surface area contributed by atoms with E-state index < -0.39 is 0 Å². The molecule has 0 aliphatic heterocycles. The zero-order valence-electron chi connectivity index (χ0n) is 15.4. The highest BCUT2D eigenvalue weighted by atomic mass is 16.2. The molecule has 2 N–H and O–H groups in total. The van der Waals surface area contributed by atoms with Crippen molar-refractivity contribution in [2.24, 2.45) is 0 Å². The molecule has 0 radical (unpaired) electrons. The van der Waals surface area contributed by atoms with E-state index in [-0.39, 0.29) is 24.3 Å². The maximum atomic E-state index is 12.4. The number of nitrogens with one attached hydrogen (secondary N) is 2. The number of carbonyl (C=O) groups excluding carboxylic acids is 3. The number of aryl methyl sites for hydroxylation is 2. The van der Waals surface area contributed by atoms with Crippen LogP contribution in [0.15, 0.2) is 42.5 Å². The molecule has 6 nitrogen and oxygen atoms in total. The van der Waals surface area contributed by atoms with Crippen molar-refractivity contribution < 1.29 is 14.4 Å². The summed E-state index contributed by atoms with van der Waals surface area (Å²) in [6.45, 7) is 6.66. The second-order valence-corrected chi connectivity index (χ2v) is 6.26. The summed E-state index contributed by atoms with van der Waals surface area (Å²) < 4.78 is 0. The van der Waals surface area contributed by atoms with Gasteiger partial charge in [-0.2, -0.15) is 0 Å². The van der Waals surface area contributed by atoms with Crippen LogP contribution in [-0.2, 0) is 14.4 Å². The van der Waals surface area contributed by atoms with Gasteiger partial charge in [-0.25, -0.2) is 0 Å². The van der Waals surface area contributed by atoms with E-state index in [1.54, 1.807) is 24.3 Å².